The minimum absolute atomic E-state index is 0.136. The zero-order valence-corrected chi connectivity index (χ0v) is 10.3. The van der Waals surface area contributed by atoms with Gasteiger partial charge in [-0.1, -0.05) is 26.3 Å². The Bertz CT molecular complexity index is 384. The monoisotopic (exact) mass is 221 g/mol. The summed E-state index contributed by atoms with van der Waals surface area (Å²) in [4.78, 5) is 0. The zero-order chi connectivity index (χ0) is 11.8. The topological polar surface area (TPSA) is 12.0 Å². The summed E-state index contributed by atoms with van der Waals surface area (Å²) in [5, 5.41) is 3.35. The summed E-state index contributed by atoms with van der Waals surface area (Å²) in [6.07, 6.45) is 3.59. The largest absolute Gasteiger partial charge is 0.379 e. The number of rotatable bonds is 2. The minimum atomic E-state index is -0.136. The van der Waals surface area contributed by atoms with Crippen molar-refractivity contribution < 1.29 is 4.39 Å². The number of nitrogens with one attached hydrogen (secondary N) is 1. The van der Waals surface area contributed by atoms with Crippen molar-refractivity contribution in [2.45, 2.75) is 46.1 Å². The van der Waals surface area contributed by atoms with Gasteiger partial charge in [0.05, 0.1) is 5.69 Å². The molecule has 1 nitrogen and oxygen atoms in total. The summed E-state index contributed by atoms with van der Waals surface area (Å²) in [5.41, 5.74) is 1.89. The number of hydrogen-bond donors (Lipinski definition) is 1. The van der Waals surface area contributed by atoms with E-state index < -0.39 is 0 Å². The molecule has 88 valence electrons. The summed E-state index contributed by atoms with van der Waals surface area (Å²) in [5.74, 6) is -0.136. The normalized spacial score (nSPS) is 23.4. The van der Waals surface area contributed by atoms with Crippen molar-refractivity contribution >= 4 is 5.69 Å². The van der Waals surface area contributed by atoms with Gasteiger partial charge in [0.1, 0.15) is 5.82 Å². The van der Waals surface area contributed by atoms with Crippen molar-refractivity contribution in [1.82, 2.24) is 0 Å². The second-order valence-electron chi connectivity index (χ2n) is 5.56. The Morgan fingerprint density at radius 2 is 2.12 bits per heavy atom. The Kier molecular flexibility index (Phi) is 2.92. The van der Waals surface area contributed by atoms with Crippen LogP contribution in [0.15, 0.2) is 18.2 Å². The summed E-state index contributed by atoms with van der Waals surface area (Å²) < 4.78 is 13.7. The lowest BCUT2D eigenvalue weighted by atomic mass is 9.87. The van der Waals surface area contributed by atoms with Crippen molar-refractivity contribution in [2.24, 2.45) is 5.41 Å². The van der Waals surface area contributed by atoms with E-state index in [1.54, 1.807) is 6.07 Å². The first-order chi connectivity index (χ1) is 7.49. The van der Waals surface area contributed by atoms with Gasteiger partial charge in [-0.05, 0) is 42.9 Å². The molecule has 0 aliphatic heterocycles. The van der Waals surface area contributed by atoms with Crippen LogP contribution in [-0.4, -0.2) is 6.04 Å². The summed E-state index contributed by atoms with van der Waals surface area (Å²) in [7, 11) is 0. The van der Waals surface area contributed by atoms with Gasteiger partial charge in [0.25, 0.3) is 0 Å². The highest BCUT2D eigenvalue weighted by atomic mass is 19.1. The van der Waals surface area contributed by atoms with Gasteiger partial charge in [-0.3, -0.25) is 0 Å². The van der Waals surface area contributed by atoms with E-state index in [0.717, 1.165) is 12.0 Å². The molecule has 1 fully saturated rings. The SMILES string of the molecule is Cc1ccc(NC2CCCC2(C)C)c(F)c1. The van der Waals surface area contributed by atoms with E-state index >= 15 is 0 Å². The van der Waals surface area contributed by atoms with Crippen LogP contribution >= 0.6 is 0 Å². The predicted molar refractivity (Wildman–Crippen MR) is 66.2 cm³/mol. The zero-order valence-electron chi connectivity index (χ0n) is 10.3. The van der Waals surface area contributed by atoms with E-state index in [1.165, 1.54) is 12.8 Å². The summed E-state index contributed by atoms with van der Waals surface area (Å²) in [6.45, 7) is 6.42. The lowest BCUT2D eigenvalue weighted by Crippen LogP contribution is -2.31. The van der Waals surface area contributed by atoms with Gasteiger partial charge in [0.15, 0.2) is 0 Å². The van der Waals surface area contributed by atoms with E-state index in [4.69, 9.17) is 0 Å². The van der Waals surface area contributed by atoms with E-state index in [2.05, 4.69) is 19.2 Å². The van der Waals surface area contributed by atoms with Gasteiger partial charge < -0.3 is 5.32 Å². The molecule has 0 heterocycles. The first-order valence-corrected chi connectivity index (χ1v) is 6.02. The standard InChI is InChI=1S/C14H20FN/c1-10-6-7-12(11(15)9-10)16-13-5-4-8-14(13,2)3/h6-7,9,13,16H,4-5,8H2,1-3H3. The van der Waals surface area contributed by atoms with Crippen molar-refractivity contribution in [3.05, 3.63) is 29.6 Å². The number of anilines is 1. The molecule has 1 aromatic rings. The molecule has 0 aromatic heterocycles. The molecule has 1 aromatic carbocycles. The summed E-state index contributed by atoms with van der Waals surface area (Å²) >= 11 is 0. The summed E-state index contributed by atoms with van der Waals surface area (Å²) in [6, 6.07) is 5.78. The molecule has 1 atom stereocenters. The molecule has 1 aliphatic carbocycles. The fourth-order valence-corrected chi connectivity index (χ4v) is 2.52. The second-order valence-corrected chi connectivity index (χ2v) is 5.56. The van der Waals surface area contributed by atoms with Crippen LogP contribution in [0.25, 0.3) is 0 Å². The molecule has 0 spiro atoms. The molecule has 1 aliphatic rings. The van der Waals surface area contributed by atoms with Crippen molar-refractivity contribution in [2.75, 3.05) is 5.32 Å². The maximum Gasteiger partial charge on any atom is 0.146 e. The Labute approximate surface area is 97.1 Å². The third-order valence-electron chi connectivity index (χ3n) is 3.71. The molecule has 1 saturated carbocycles. The average Bonchev–Trinajstić information content (AvgIpc) is 2.50. The van der Waals surface area contributed by atoms with Crippen LogP contribution < -0.4 is 5.32 Å². The third kappa shape index (κ3) is 2.21. The van der Waals surface area contributed by atoms with Gasteiger partial charge in [0, 0.05) is 6.04 Å². The van der Waals surface area contributed by atoms with Gasteiger partial charge in [-0.15, -0.1) is 0 Å². The van der Waals surface area contributed by atoms with Gasteiger partial charge in [-0.2, -0.15) is 0 Å². The molecule has 0 saturated heterocycles. The molecule has 2 heteroatoms. The molecule has 1 N–H and O–H groups in total. The molecular formula is C14H20FN. The fourth-order valence-electron chi connectivity index (χ4n) is 2.52. The highest BCUT2D eigenvalue weighted by Gasteiger charge is 2.34. The van der Waals surface area contributed by atoms with E-state index in [9.17, 15) is 4.39 Å². The highest BCUT2D eigenvalue weighted by Crippen LogP contribution is 2.39. The van der Waals surface area contributed by atoms with E-state index in [-0.39, 0.29) is 11.2 Å². The first kappa shape index (κ1) is 11.4. The minimum Gasteiger partial charge on any atom is -0.379 e. The number of aryl methyl sites for hydroxylation is 1. The van der Waals surface area contributed by atoms with Crippen LogP contribution in [0.5, 0.6) is 0 Å². The maximum atomic E-state index is 13.7. The van der Waals surface area contributed by atoms with Crippen LogP contribution in [0.2, 0.25) is 0 Å². The van der Waals surface area contributed by atoms with E-state index in [1.807, 2.05) is 19.1 Å². The number of benzene rings is 1. The molecule has 16 heavy (non-hydrogen) atoms. The Balaban J connectivity index is 2.15. The maximum absolute atomic E-state index is 13.7. The highest BCUT2D eigenvalue weighted by molar-refractivity contribution is 5.47. The third-order valence-corrected chi connectivity index (χ3v) is 3.71. The first-order valence-electron chi connectivity index (χ1n) is 6.02. The number of halogens is 1. The smallest absolute Gasteiger partial charge is 0.146 e. The van der Waals surface area contributed by atoms with Crippen LogP contribution in [0.4, 0.5) is 10.1 Å². The van der Waals surface area contributed by atoms with Crippen LogP contribution in [0.1, 0.15) is 38.7 Å². The lowest BCUT2D eigenvalue weighted by molar-refractivity contribution is 0.349. The Morgan fingerprint density at radius 3 is 2.69 bits per heavy atom. The molecule has 0 bridgehead atoms. The fraction of sp³-hybridized carbons (Fsp3) is 0.571. The molecule has 2 rings (SSSR count). The Hall–Kier alpha value is -1.05. The van der Waals surface area contributed by atoms with Crippen molar-refractivity contribution in [1.29, 1.82) is 0 Å². The number of hydrogen-bond acceptors (Lipinski definition) is 1. The van der Waals surface area contributed by atoms with Crippen LogP contribution in [0, 0.1) is 18.2 Å². The van der Waals surface area contributed by atoms with E-state index in [0.29, 0.717) is 11.7 Å². The van der Waals surface area contributed by atoms with Crippen LogP contribution in [0.3, 0.4) is 0 Å². The molecule has 0 amide bonds. The average molecular weight is 221 g/mol. The molecule has 1 unspecified atom stereocenters. The Morgan fingerprint density at radius 1 is 1.38 bits per heavy atom. The van der Waals surface area contributed by atoms with Gasteiger partial charge >= 0.3 is 0 Å². The molecular weight excluding hydrogens is 201 g/mol. The predicted octanol–water partition coefficient (Wildman–Crippen LogP) is 4.12. The van der Waals surface area contributed by atoms with Crippen molar-refractivity contribution in [3.8, 4) is 0 Å². The van der Waals surface area contributed by atoms with Crippen LogP contribution in [-0.2, 0) is 0 Å². The van der Waals surface area contributed by atoms with Gasteiger partial charge in [-0.25, -0.2) is 4.39 Å². The quantitative estimate of drug-likeness (QED) is 0.792. The molecule has 0 radical (unpaired) electrons. The lowest BCUT2D eigenvalue weighted by Gasteiger charge is -2.28. The van der Waals surface area contributed by atoms with Crippen molar-refractivity contribution in [3.63, 3.8) is 0 Å². The van der Waals surface area contributed by atoms with Gasteiger partial charge in [0.2, 0.25) is 0 Å². The second kappa shape index (κ2) is 4.08.